The highest BCUT2D eigenvalue weighted by atomic mass is 19.1. The number of carbonyl (C=O) groups is 3. The molecule has 0 bridgehead atoms. The molecule has 1 heterocycles. The Morgan fingerprint density at radius 1 is 1.03 bits per heavy atom. The number of nitrogens with one attached hydrogen (secondary N) is 2. The predicted molar refractivity (Wildman–Crippen MR) is 124 cm³/mol. The number of benzene rings is 3. The van der Waals surface area contributed by atoms with E-state index < -0.39 is 6.04 Å². The third-order valence-corrected chi connectivity index (χ3v) is 5.56. The molecule has 33 heavy (non-hydrogen) atoms. The Morgan fingerprint density at radius 3 is 2.42 bits per heavy atom. The lowest BCUT2D eigenvalue weighted by Crippen LogP contribution is -2.58. The molecule has 6 nitrogen and oxygen atoms in total. The lowest BCUT2D eigenvalue weighted by Gasteiger charge is -2.35. The van der Waals surface area contributed by atoms with Gasteiger partial charge in [0.2, 0.25) is 11.8 Å². The smallest absolute Gasteiger partial charge is 0.254 e. The average Bonchev–Trinajstić information content (AvgIpc) is 2.80. The van der Waals surface area contributed by atoms with Crippen LogP contribution in [0.4, 0.5) is 10.1 Å². The maximum atomic E-state index is 13.6. The number of carbonyl (C=O) groups excluding carboxylic acids is 3. The minimum atomic E-state index is -0.663. The van der Waals surface area contributed by atoms with Crippen molar-refractivity contribution < 1.29 is 18.8 Å². The maximum Gasteiger partial charge on any atom is 0.254 e. The predicted octanol–water partition coefficient (Wildman–Crippen LogP) is 3.63. The Hall–Kier alpha value is -4.00. The topological polar surface area (TPSA) is 78.5 Å². The maximum absolute atomic E-state index is 13.6. The minimum Gasteiger partial charge on any atom is -0.353 e. The number of anilines is 1. The molecule has 1 aliphatic heterocycles. The molecule has 0 radical (unpaired) electrons. The summed E-state index contributed by atoms with van der Waals surface area (Å²) in [6, 6.07) is 19.9. The van der Waals surface area contributed by atoms with Gasteiger partial charge in [-0.2, -0.15) is 0 Å². The number of halogens is 1. The SMILES string of the molecule is CC(=O)Nc1ccc(C(=O)N2CCNC(=O)C2Cc2cccc(-c3cccc(F)c3)c2)cc1. The van der Waals surface area contributed by atoms with E-state index in [4.69, 9.17) is 0 Å². The van der Waals surface area contributed by atoms with Crippen LogP contribution in [0.1, 0.15) is 22.8 Å². The molecule has 4 rings (SSSR count). The van der Waals surface area contributed by atoms with Gasteiger partial charge in [0.05, 0.1) is 0 Å². The van der Waals surface area contributed by atoms with E-state index in [9.17, 15) is 18.8 Å². The zero-order valence-corrected chi connectivity index (χ0v) is 18.2. The molecule has 0 aliphatic carbocycles. The first-order valence-corrected chi connectivity index (χ1v) is 10.7. The molecule has 7 heteroatoms. The van der Waals surface area contributed by atoms with E-state index in [-0.39, 0.29) is 23.5 Å². The van der Waals surface area contributed by atoms with E-state index in [0.29, 0.717) is 30.8 Å². The number of amides is 3. The molecule has 0 saturated carbocycles. The molecule has 1 aliphatic rings. The van der Waals surface area contributed by atoms with Crippen molar-refractivity contribution in [3.8, 4) is 11.1 Å². The van der Waals surface area contributed by atoms with Gasteiger partial charge in [0.15, 0.2) is 0 Å². The molecule has 0 aromatic heterocycles. The van der Waals surface area contributed by atoms with Crippen molar-refractivity contribution in [2.45, 2.75) is 19.4 Å². The van der Waals surface area contributed by atoms with E-state index >= 15 is 0 Å². The number of hydrogen-bond acceptors (Lipinski definition) is 3. The molecular weight excluding hydrogens is 421 g/mol. The Balaban J connectivity index is 1.55. The van der Waals surface area contributed by atoms with Crippen LogP contribution >= 0.6 is 0 Å². The van der Waals surface area contributed by atoms with Crippen molar-refractivity contribution in [2.24, 2.45) is 0 Å². The highest BCUT2D eigenvalue weighted by molar-refractivity contribution is 5.99. The second-order valence-corrected chi connectivity index (χ2v) is 7.98. The van der Waals surface area contributed by atoms with Crippen molar-refractivity contribution in [1.29, 1.82) is 0 Å². The summed E-state index contributed by atoms with van der Waals surface area (Å²) in [5.41, 5.74) is 3.50. The molecule has 3 aromatic carbocycles. The van der Waals surface area contributed by atoms with Gasteiger partial charge in [0, 0.05) is 37.7 Å². The van der Waals surface area contributed by atoms with Crippen LogP contribution in [0.25, 0.3) is 11.1 Å². The van der Waals surface area contributed by atoms with Crippen molar-refractivity contribution in [3.05, 3.63) is 89.7 Å². The van der Waals surface area contributed by atoms with Crippen LogP contribution in [0.2, 0.25) is 0 Å². The lowest BCUT2D eigenvalue weighted by atomic mass is 9.97. The van der Waals surface area contributed by atoms with Gasteiger partial charge in [-0.1, -0.05) is 36.4 Å². The monoisotopic (exact) mass is 445 g/mol. The van der Waals surface area contributed by atoms with Crippen molar-refractivity contribution in [2.75, 3.05) is 18.4 Å². The number of rotatable bonds is 5. The summed E-state index contributed by atoms with van der Waals surface area (Å²) in [4.78, 5) is 38.7. The zero-order chi connectivity index (χ0) is 23.4. The van der Waals surface area contributed by atoms with Crippen LogP contribution in [0, 0.1) is 5.82 Å². The number of nitrogens with zero attached hydrogens (tertiary/aromatic N) is 1. The van der Waals surface area contributed by atoms with Gasteiger partial charge in [0.25, 0.3) is 5.91 Å². The zero-order valence-electron chi connectivity index (χ0n) is 18.2. The van der Waals surface area contributed by atoms with Gasteiger partial charge in [-0.05, 0) is 53.1 Å². The molecule has 3 aromatic rings. The molecule has 0 spiro atoms. The second kappa shape index (κ2) is 9.65. The van der Waals surface area contributed by atoms with Crippen LogP contribution in [-0.4, -0.2) is 41.8 Å². The van der Waals surface area contributed by atoms with Gasteiger partial charge >= 0.3 is 0 Å². The van der Waals surface area contributed by atoms with Crippen molar-refractivity contribution in [3.63, 3.8) is 0 Å². The third-order valence-electron chi connectivity index (χ3n) is 5.56. The van der Waals surface area contributed by atoms with Gasteiger partial charge in [-0.25, -0.2) is 4.39 Å². The van der Waals surface area contributed by atoms with Gasteiger partial charge in [-0.3, -0.25) is 14.4 Å². The summed E-state index contributed by atoms with van der Waals surface area (Å²) in [6.07, 6.45) is 0.338. The van der Waals surface area contributed by atoms with Gasteiger partial charge in [0.1, 0.15) is 11.9 Å². The number of hydrogen-bond donors (Lipinski definition) is 2. The first kappa shape index (κ1) is 22.2. The van der Waals surface area contributed by atoms with E-state index in [2.05, 4.69) is 10.6 Å². The quantitative estimate of drug-likeness (QED) is 0.630. The van der Waals surface area contributed by atoms with Crippen LogP contribution < -0.4 is 10.6 Å². The largest absolute Gasteiger partial charge is 0.353 e. The molecular formula is C26H24FN3O3. The van der Waals surface area contributed by atoms with E-state index in [0.717, 1.165) is 16.7 Å². The average molecular weight is 445 g/mol. The molecule has 1 atom stereocenters. The first-order chi connectivity index (χ1) is 15.9. The highest BCUT2D eigenvalue weighted by Gasteiger charge is 2.33. The molecule has 168 valence electrons. The van der Waals surface area contributed by atoms with Crippen LogP contribution in [-0.2, 0) is 16.0 Å². The van der Waals surface area contributed by atoms with Crippen molar-refractivity contribution in [1.82, 2.24) is 10.2 Å². The lowest BCUT2D eigenvalue weighted by molar-refractivity contribution is -0.127. The van der Waals surface area contributed by atoms with Crippen LogP contribution in [0.3, 0.4) is 0 Å². The number of piperazine rings is 1. The molecule has 2 N–H and O–H groups in total. The first-order valence-electron chi connectivity index (χ1n) is 10.7. The summed E-state index contributed by atoms with van der Waals surface area (Å²) in [5, 5.41) is 5.51. The Labute approximate surface area is 191 Å². The summed E-state index contributed by atoms with van der Waals surface area (Å²) >= 11 is 0. The summed E-state index contributed by atoms with van der Waals surface area (Å²) < 4.78 is 13.6. The van der Waals surface area contributed by atoms with Gasteiger partial charge in [-0.15, -0.1) is 0 Å². The minimum absolute atomic E-state index is 0.192. The summed E-state index contributed by atoms with van der Waals surface area (Å²) in [5.74, 6) is -0.959. The van der Waals surface area contributed by atoms with E-state index in [1.807, 2.05) is 30.3 Å². The van der Waals surface area contributed by atoms with Gasteiger partial charge < -0.3 is 15.5 Å². The highest BCUT2D eigenvalue weighted by Crippen LogP contribution is 2.23. The van der Waals surface area contributed by atoms with E-state index in [1.54, 1.807) is 35.2 Å². The summed E-state index contributed by atoms with van der Waals surface area (Å²) in [6.45, 7) is 2.19. The van der Waals surface area contributed by atoms with Crippen molar-refractivity contribution >= 4 is 23.4 Å². The summed E-state index contributed by atoms with van der Waals surface area (Å²) in [7, 11) is 0. The van der Waals surface area contributed by atoms with Crippen LogP contribution in [0.15, 0.2) is 72.8 Å². The molecule has 1 saturated heterocycles. The fraction of sp³-hybridized carbons (Fsp3) is 0.192. The molecule has 1 fully saturated rings. The Morgan fingerprint density at radius 2 is 1.73 bits per heavy atom. The molecule has 1 unspecified atom stereocenters. The fourth-order valence-corrected chi connectivity index (χ4v) is 4.00. The van der Waals surface area contributed by atoms with E-state index in [1.165, 1.54) is 19.1 Å². The molecule has 3 amide bonds. The third kappa shape index (κ3) is 5.26. The normalized spacial score (nSPS) is 15.6. The second-order valence-electron chi connectivity index (χ2n) is 7.98. The Bertz CT molecular complexity index is 1190. The fourth-order valence-electron chi connectivity index (χ4n) is 4.00. The Kier molecular flexibility index (Phi) is 6.49. The van der Waals surface area contributed by atoms with Crippen LogP contribution in [0.5, 0.6) is 0 Å². The standard InChI is InChI=1S/C26H24FN3O3/c1-17(31)29-23-10-8-19(9-11-23)26(33)30-13-12-28-25(32)24(30)15-18-4-2-5-20(14-18)21-6-3-7-22(27)16-21/h2-11,14,16,24H,12-13,15H2,1H3,(H,28,32)(H,29,31).